The molecule has 0 aromatic heterocycles. The van der Waals surface area contributed by atoms with Crippen molar-refractivity contribution in [3.63, 3.8) is 0 Å². The van der Waals surface area contributed by atoms with Gasteiger partial charge in [-0.1, -0.05) is 12.8 Å². The van der Waals surface area contributed by atoms with Gasteiger partial charge in [0.15, 0.2) is 9.84 Å². The number of hydrogen-bond acceptors (Lipinski definition) is 4. The average molecular weight is 246 g/mol. The highest BCUT2D eigenvalue weighted by Gasteiger charge is 2.32. The number of sulfone groups is 1. The van der Waals surface area contributed by atoms with E-state index in [4.69, 9.17) is 5.73 Å². The first-order valence-corrected chi connectivity index (χ1v) is 8.08. The highest BCUT2D eigenvalue weighted by molar-refractivity contribution is 7.91. The maximum Gasteiger partial charge on any atom is 0.150 e. The fraction of sp³-hybridized carbons (Fsp3) is 1.00. The predicted octanol–water partition coefficient (Wildman–Crippen LogP) is 0.281. The lowest BCUT2D eigenvalue weighted by molar-refractivity contribution is 0.406. The summed E-state index contributed by atoms with van der Waals surface area (Å²) in [4.78, 5) is 0. The molecule has 2 aliphatic rings. The predicted molar refractivity (Wildman–Crippen MR) is 65.0 cm³/mol. The van der Waals surface area contributed by atoms with Crippen molar-refractivity contribution in [2.24, 2.45) is 11.7 Å². The van der Waals surface area contributed by atoms with E-state index < -0.39 is 9.84 Å². The van der Waals surface area contributed by atoms with Gasteiger partial charge in [-0.15, -0.1) is 0 Å². The van der Waals surface area contributed by atoms with Crippen LogP contribution < -0.4 is 11.1 Å². The normalized spacial score (nSPS) is 31.9. The molecule has 2 atom stereocenters. The average Bonchev–Trinajstić information content (AvgIpc) is 2.83. The van der Waals surface area contributed by atoms with Crippen LogP contribution in [0.3, 0.4) is 0 Å². The second kappa shape index (κ2) is 5.02. The van der Waals surface area contributed by atoms with E-state index in [1.165, 1.54) is 25.7 Å². The quantitative estimate of drug-likeness (QED) is 0.747. The Kier molecular flexibility index (Phi) is 3.87. The van der Waals surface area contributed by atoms with Crippen LogP contribution in [-0.2, 0) is 9.84 Å². The van der Waals surface area contributed by atoms with E-state index in [9.17, 15) is 8.42 Å². The minimum atomic E-state index is -2.79. The molecule has 4 nitrogen and oxygen atoms in total. The Hall–Kier alpha value is -0.130. The van der Waals surface area contributed by atoms with Gasteiger partial charge in [0.25, 0.3) is 0 Å². The highest BCUT2D eigenvalue weighted by atomic mass is 32.2. The van der Waals surface area contributed by atoms with Crippen LogP contribution in [-0.4, -0.2) is 38.6 Å². The largest absolute Gasteiger partial charge is 0.326 e. The summed E-state index contributed by atoms with van der Waals surface area (Å²) in [6.07, 6.45) is 5.86. The van der Waals surface area contributed by atoms with Crippen LogP contribution in [0.15, 0.2) is 0 Å². The summed E-state index contributed by atoms with van der Waals surface area (Å²) in [5.74, 6) is 0.786. The van der Waals surface area contributed by atoms with Gasteiger partial charge in [0.2, 0.25) is 0 Å². The third kappa shape index (κ3) is 3.18. The van der Waals surface area contributed by atoms with Crippen molar-refractivity contribution >= 4 is 9.84 Å². The van der Waals surface area contributed by atoms with E-state index in [0.717, 1.165) is 13.0 Å². The van der Waals surface area contributed by atoms with Gasteiger partial charge in [-0.05, 0) is 25.2 Å². The molecule has 94 valence electrons. The van der Waals surface area contributed by atoms with E-state index in [1.54, 1.807) is 0 Å². The second-order valence-corrected chi connectivity index (χ2v) is 7.45. The Morgan fingerprint density at radius 3 is 2.50 bits per heavy atom. The minimum absolute atomic E-state index is 0.00197. The van der Waals surface area contributed by atoms with Crippen molar-refractivity contribution in [3.05, 3.63) is 0 Å². The van der Waals surface area contributed by atoms with Crippen molar-refractivity contribution < 1.29 is 8.42 Å². The van der Waals surface area contributed by atoms with Gasteiger partial charge in [0.05, 0.1) is 11.5 Å². The molecule has 5 heteroatoms. The van der Waals surface area contributed by atoms with Crippen LogP contribution in [0.25, 0.3) is 0 Å². The van der Waals surface area contributed by atoms with Crippen LogP contribution in [0.4, 0.5) is 0 Å². The smallest absolute Gasteiger partial charge is 0.150 e. The lowest BCUT2D eigenvalue weighted by Gasteiger charge is -2.21. The Labute approximate surface area is 97.9 Å². The fourth-order valence-electron chi connectivity index (χ4n) is 2.76. The van der Waals surface area contributed by atoms with Crippen molar-refractivity contribution in [1.29, 1.82) is 0 Å². The molecule has 2 fully saturated rings. The molecule has 0 aromatic carbocycles. The molecule has 0 radical (unpaired) electrons. The molecule has 0 spiro atoms. The second-order valence-electron chi connectivity index (χ2n) is 5.22. The topological polar surface area (TPSA) is 72.2 Å². The first kappa shape index (κ1) is 12.3. The number of rotatable bonds is 4. The molecule has 2 rings (SSSR count). The summed E-state index contributed by atoms with van der Waals surface area (Å²) in [7, 11) is -2.79. The molecule has 16 heavy (non-hydrogen) atoms. The van der Waals surface area contributed by atoms with E-state index >= 15 is 0 Å². The molecule has 0 aromatic rings. The van der Waals surface area contributed by atoms with Crippen LogP contribution in [0, 0.1) is 5.92 Å². The molecule has 1 aliphatic heterocycles. The Morgan fingerprint density at radius 2 is 1.94 bits per heavy atom. The highest BCUT2D eigenvalue weighted by Crippen LogP contribution is 2.21. The molecule has 1 aliphatic carbocycles. The molecule has 1 saturated carbocycles. The van der Waals surface area contributed by atoms with Crippen LogP contribution in [0.1, 0.15) is 32.1 Å². The van der Waals surface area contributed by atoms with Crippen molar-refractivity contribution in [2.75, 3.05) is 18.1 Å². The zero-order chi connectivity index (χ0) is 11.6. The third-order valence-corrected chi connectivity index (χ3v) is 5.66. The van der Waals surface area contributed by atoms with Crippen LogP contribution in [0.2, 0.25) is 0 Å². The molecule has 0 bridgehead atoms. The number of hydrogen-bond donors (Lipinski definition) is 2. The zero-order valence-corrected chi connectivity index (χ0v) is 10.5. The number of nitrogens with one attached hydrogen (secondary N) is 1. The van der Waals surface area contributed by atoms with Crippen LogP contribution >= 0.6 is 0 Å². The maximum absolute atomic E-state index is 11.3. The van der Waals surface area contributed by atoms with Gasteiger partial charge in [0, 0.05) is 18.6 Å². The van der Waals surface area contributed by atoms with Crippen LogP contribution in [0.5, 0.6) is 0 Å². The summed E-state index contributed by atoms with van der Waals surface area (Å²) in [6, 6.07) is 0.613. The zero-order valence-electron chi connectivity index (χ0n) is 9.69. The summed E-state index contributed by atoms with van der Waals surface area (Å²) in [5.41, 5.74) is 6.05. The van der Waals surface area contributed by atoms with Gasteiger partial charge >= 0.3 is 0 Å². The first-order valence-electron chi connectivity index (χ1n) is 6.26. The van der Waals surface area contributed by atoms with Gasteiger partial charge in [-0.3, -0.25) is 0 Å². The van der Waals surface area contributed by atoms with Crippen molar-refractivity contribution in [2.45, 2.75) is 44.2 Å². The SMILES string of the molecule is NC(CNC1CCCC1)C1CCS(=O)(=O)C1. The van der Waals surface area contributed by atoms with E-state index in [-0.39, 0.29) is 12.0 Å². The summed E-state index contributed by atoms with van der Waals surface area (Å²) < 4.78 is 22.7. The van der Waals surface area contributed by atoms with Gasteiger partial charge in [-0.25, -0.2) is 8.42 Å². The van der Waals surface area contributed by atoms with Gasteiger partial charge in [0.1, 0.15) is 0 Å². The fourth-order valence-corrected chi connectivity index (χ4v) is 4.66. The van der Waals surface area contributed by atoms with Gasteiger partial charge in [-0.2, -0.15) is 0 Å². The molecule has 3 N–H and O–H groups in total. The van der Waals surface area contributed by atoms with E-state index in [2.05, 4.69) is 5.32 Å². The third-order valence-electron chi connectivity index (χ3n) is 3.87. The molecule has 1 saturated heterocycles. The molecule has 2 unspecified atom stereocenters. The maximum atomic E-state index is 11.3. The summed E-state index contributed by atoms with van der Waals surface area (Å²) >= 11 is 0. The minimum Gasteiger partial charge on any atom is -0.326 e. The Bertz CT molecular complexity index is 323. The molecular formula is C11H22N2O2S. The van der Waals surface area contributed by atoms with Crippen molar-refractivity contribution in [3.8, 4) is 0 Å². The van der Waals surface area contributed by atoms with E-state index in [0.29, 0.717) is 17.5 Å². The standard InChI is InChI=1S/C11H22N2O2S/c12-11(7-13-10-3-1-2-4-10)9-5-6-16(14,15)8-9/h9-11,13H,1-8,12H2. The summed E-state index contributed by atoms with van der Waals surface area (Å²) in [5, 5.41) is 3.47. The molecule has 0 amide bonds. The van der Waals surface area contributed by atoms with E-state index in [1.807, 2.05) is 0 Å². The van der Waals surface area contributed by atoms with Gasteiger partial charge < -0.3 is 11.1 Å². The Morgan fingerprint density at radius 1 is 1.25 bits per heavy atom. The number of nitrogens with two attached hydrogens (primary N) is 1. The lowest BCUT2D eigenvalue weighted by atomic mass is 10.00. The molecular weight excluding hydrogens is 224 g/mol. The Balaban J connectivity index is 1.73. The summed E-state index contributed by atoms with van der Waals surface area (Å²) in [6.45, 7) is 0.769. The first-order chi connectivity index (χ1) is 7.57. The monoisotopic (exact) mass is 246 g/mol. The van der Waals surface area contributed by atoms with Crippen molar-refractivity contribution in [1.82, 2.24) is 5.32 Å². The molecule has 1 heterocycles. The lowest BCUT2D eigenvalue weighted by Crippen LogP contribution is -2.43.